The predicted molar refractivity (Wildman–Crippen MR) is 485 cm³/mol. The number of hydrogen-bond donors (Lipinski definition) is 0. The smallest absolute Gasteiger partial charge is 0.0361 e. The van der Waals surface area contributed by atoms with Gasteiger partial charge in [-0.15, -0.1) is 22.7 Å². The summed E-state index contributed by atoms with van der Waals surface area (Å²) in [6.07, 6.45) is 6.91. The zero-order chi connectivity index (χ0) is 74.0. The molecule has 0 amide bonds. The molecule has 0 fully saturated rings. The van der Waals surface area contributed by atoms with Gasteiger partial charge in [0.2, 0.25) is 0 Å². The molecular weight excluding hydrogens is 1390 g/mol. The van der Waals surface area contributed by atoms with E-state index < -0.39 is 0 Å². The van der Waals surface area contributed by atoms with Gasteiger partial charge in [-0.1, -0.05) is 313 Å². The van der Waals surface area contributed by atoms with Gasteiger partial charge in [-0.05, 0) is 282 Å². The minimum atomic E-state index is -0.175. The minimum Gasteiger partial charge on any atom is -0.136 e. The molecule has 3 aliphatic carbocycles. The van der Waals surface area contributed by atoms with E-state index in [2.05, 4.69) is 367 Å². The average Bonchev–Trinajstić information content (AvgIpc) is 1.69. The lowest BCUT2D eigenvalue weighted by atomic mass is 9.81. The molecule has 21 aromatic rings. The summed E-state index contributed by atoms with van der Waals surface area (Å²) in [4.78, 5) is 1.43. The van der Waals surface area contributed by atoms with E-state index in [9.17, 15) is 0 Å². The van der Waals surface area contributed by atoms with Crippen LogP contribution in [-0.2, 0) is 17.3 Å². The number of aryl methyl sites for hydroxylation is 1. The zero-order valence-electron chi connectivity index (χ0n) is 62.6. The second-order valence-electron chi connectivity index (χ2n) is 32.7. The van der Waals surface area contributed by atoms with Gasteiger partial charge in [0, 0.05) is 46.0 Å². The van der Waals surface area contributed by atoms with E-state index in [-0.39, 0.29) is 10.8 Å². The molecule has 0 N–H and O–H groups in total. The number of hydrogen-bond acceptors (Lipinski definition) is 2. The molecule has 0 spiro atoms. The maximum atomic E-state index is 2.52. The predicted octanol–water partition coefficient (Wildman–Crippen LogP) is 31.7. The number of rotatable bonds is 7. The summed E-state index contributed by atoms with van der Waals surface area (Å²) < 4.78 is 4.08. The standard InChI is InChI=1S/C110H72S2/c1-109(2)94-54-47-73-61-101-91(76-25-13-15-33-98(76)112-101)62-90(73)107(94)88-51-46-72(60-97(88)109)64-37-41-68(42-38-64)103-80-27-10-12-29-82(80)105(78-32-18-22-66-20-6-8-24-75(66)78)93-58-70(44-49-86(93)103)69-43-48-85-92(57-69)104(77-31-17-21-65-19-5-7-23-74(65)77)81-28-11-9-26-79(81)102(85)67-39-35-63(36-40-67)71-45-50-87-96(59-71)110(3,4)95-55-52-84-83(106(87)95)53-56-100-108(84)89-30-14-16-34-99(89)111-100/h5-13,15-29,31-62H,14,30H2,1-4H3. The summed E-state index contributed by atoms with van der Waals surface area (Å²) in [5, 5.41) is 24.3. The molecule has 19 aromatic carbocycles. The lowest BCUT2D eigenvalue weighted by Crippen LogP contribution is -2.15. The van der Waals surface area contributed by atoms with Gasteiger partial charge in [0.05, 0.1) is 0 Å². The molecule has 112 heavy (non-hydrogen) atoms. The van der Waals surface area contributed by atoms with Crippen LogP contribution in [0.25, 0.3) is 223 Å². The molecule has 0 aliphatic heterocycles. The second-order valence-corrected chi connectivity index (χ2v) is 34.8. The van der Waals surface area contributed by atoms with E-state index in [0.29, 0.717) is 0 Å². The molecule has 2 heterocycles. The largest absolute Gasteiger partial charge is 0.136 e. The molecule has 2 aromatic heterocycles. The first-order valence-corrected chi connectivity index (χ1v) is 41.2. The van der Waals surface area contributed by atoms with E-state index in [0.717, 1.165) is 12.8 Å². The molecule has 3 aliphatic rings. The van der Waals surface area contributed by atoms with Crippen LogP contribution in [0.1, 0.15) is 66.8 Å². The van der Waals surface area contributed by atoms with Gasteiger partial charge in [-0.3, -0.25) is 0 Å². The van der Waals surface area contributed by atoms with Crippen LogP contribution in [0, 0.1) is 0 Å². The fourth-order valence-corrected chi connectivity index (χ4v) is 23.1. The first kappa shape index (κ1) is 64.0. The van der Waals surface area contributed by atoms with Crippen molar-refractivity contribution in [3.63, 3.8) is 0 Å². The number of fused-ring (bicyclic) bond motifs is 23. The third kappa shape index (κ3) is 9.22. The Hall–Kier alpha value is -12.8. The summed E-state index contributed by atoms with van der Waals surface area (Å²) >= 11 is 3.84. The van der Waals surface area contributed by atoms with Crippen molar-refractivity contribution in [3.8, 4) is 100 Å². The van der Waals surface area contributed by atoms with E-state index in [1.807, 2.05) is 22.7 Å². The van der Waals surface area contributed by atoms with Crippen LogP contribution in [0.4, 0.5) is 0 Å². The monoisotopic (exact) mass is 1460 g/mol. The highest BCUT2D eigenvalue weighted by Crippen LogP contribution is 2.57. The van der Waals surface area contributed by atoms with Crippen molar-refractivity contribution in [1.82, 2.24) is 0 Å². The van der Waals surface area contributed by atoms with E-state index in [1.54, 1.807) is 0 Å². The van der Waals surface area contributed by atoms with Crippen LogP contribution in [0.2, 0.25) is 0 Å². The highest BCUT2D eigenvalue weighted by Gasteiger charge is 2.39. The molecule has 2 heteroatoms. The van der Waals surface area contributed by atoms with Gasteiger partial charge < -0.3 is 0 Å². The van der Waals surface area contributed by atoms with Crippen molar-refractivity contribution in [1.29, 1.82) is 0 Å². The van der Waals surface area contributed by atoms with Crippen molar-refractivity contribution >= 4 is 145 Å². The molecule has 0 saturated heterocycles. The SMILES string of the molecule is CC1(C)c2cc(-c3ccc(-c4c5ccccc5c(-c5cccc6ccccc56)c5cc(-c6ccc7c(-c8ccc(-c9ccc%10c(c9)C(C)(C)c9ccc%11c(ccc%12sc%13c(c%12%11)CCC=C%13)c9-%10)cc8)c8ccccc8c(-c8cccc9ccccc89)c7c6)ccc45)cc3)ccc2-c2c1ccc1cc3sc4ccccc4c3cc21. The van der Waals surface area contributed by atoms with E-state index >= 15 is 0 Å². The average molecular weight is 1460 g/mol. The summed E-state index contributed by atoms with van der Waals surface area (Å²) in [5.41, 5.74) is 29.3. The Morgan fingerprint density at radius 1 is 0.232 bits per heavy atom. The Kier molecular flexibility index (Phi) is 13.6. The molecule has 0 nitrogen and oxygen atoms in total. The molecule has 0 saturated carbocycles. The summed E-state index contributed by atoms with van der Waals surface area (Å²) in [6.45, 7) is 9.68. The Bertz CT molecular complexity index is 7770. The van der Waals surface area contributed by atoms with Crippen molar-refractivity contribution < 1.29 is 0 Å². The Labute approximate surface area is 658 Å². The first-order chi connectivity index (χ1) is 55.0. The van der Waals surface area contributed by atoms with Gasteiger partial charge in [0.25, 0.3) is 0 Å². The molecular formula is C110H72S2. The third-order valence-corrected chi connectivity index (χ3v) is 28.4. The van der Waals surface area contributed by atoms with Crippen molar-refractivity contribution in [3.05, 3.63) is 366 Å². The zero-order valence-corrected chi connectivity index (χ0v) is 64.2. The molecule has 0 radical (unpaired) electrons. The Morgan fingerprint density at radius 3 is 1.23 bits per heavy atom. The normalized spacial score (nSPS) is 13.9. The van der Waals surface area contributed by atoms with Crippen LogP contribution in [-0.4, -0.2) is 0 Å². The molecule has 0 atom stereocenters. The highest BCUT2D eigenvalue weighted by atomic mass is 32.1. The van der Waals surface area contributed by atoms with Gasteiger partial charge in [0.1, 0.15) is 0 Å². The van der Waals surface area contributed by atoms with Crippen LogP contribution in [0.5, 0.6) is 0 Å². The maximum absolute atomic E-state index is 2.52. The Balaban J connectivity index is 0.648. The molecule has 0 unspecified atom stereocenters. The summed E-state index contributed by atoms with van der Waals surface area (Å²) in [6, 6.07) is 126. The van der Waals surface area contributed by atoms with Crippen molar-refractivity contribution in [2.45, 2.75) is 51.4 Å². The van der Waals surface area contributed by atoms with Crippen molar-refractivity contribution in [2.75, 3.05) is 0 Å². The van der Waals surface area contributed by atoms with E-state index in [1.165, 1.54) is 249 Å². The van der Waals surface area contributed by atoms with Gasteiger partial charge in [0.15, 0.2) is 0 Å². The van der Waals surface area contributed by atoms with Crippen LogP contribution in [0.3, 0.4) is 0 Å². The van der Waals surface area contributed by atoms with Crippen LogP contribution in [0.15, 0.2) is 334 Å². The number of allylic oxidation sites excluding steroid dienone is 1. The van der Waals surface area contributed by atoms with Crippen LogP contribution < -0.4 is 0 Å². The fourth-order valence-electron chi connectivity index (χ4n) is 20.7. The highest BCUT2D eigenvalue weighted by molar-refractivity contribution is 7.26. The second kappa shape index (κ2) is 23.8. The lowest BCUT2D eigenvalue weighted by molar-refractivity contribution is 0.661. The fraction of sp³-hybridized carbons (Fsp3) is 0.0727. The number of benzene rings is 19. The minimum absolute atomic E-state index is 0.162. The first-order valence-electron chi connectivity index (χ1n) is 39.6. The number of thiophene rings is 2. The third-order valence-electron chi connectivity index (χ3n) is 26.1. The van der Waals surface area contributed by atoms with Gasteiger partial charge >= 0.3 is 0 Å². The van der Waals surface area contributed by atoms with E-state index in [4.69, 9.17) is 0 Å². The van der Waals surface area contributed by atoms with Crippen molar-refractivity contribution in [2.24, 2.45) is 0 Å². The lowest BCUT2D eigenvalue weighted by Gasteiger charge is -2.22. The van der Waals surface area contributed by atoms with Crippen LogP contribution >= 0.6 is 22.7 Å². The Morgan fingerprint density at radius 2 is 0.661 bits per heavy atom. The quantitative estimate of drug-likeness (QED) is 0.140. The summed E-state index contributed by atoms with van der Waals surface area (Å²) in [5.74, 6) is 0. The van der Waals surface area contributed by atoms with Gasteiger partial charge in [-0.2, -0.15) is 0 Å². The molecule has 0 bridgehead atoms. The molecule has 524 valence electrons. The van der Waals surface area contributed by atoms with Gasteiger partial charge in [-0.25, -0.2) is 0 Å². The maximum Gasteiger partial charge on any atom is 0.0361 e. The summed E-state index contributed by atoms with van der Waals surface area (Å²) in [7, 11) is 0. The topological polar surface area (TPSA) is 0 Å². The molecule has 24 rings (SSSR count).